The van der Waals surface area contributed by atoms with E-state index >= 15 is 0 Å². The molecule has 1 rings (SSSR count). The third kappa shape index (κ3) is 4.47. The first-order valence-corrected chi connectivity index (χ1v) is 6.07. The van der Waals surface area contributed by atoms with Crippen LogP contribution in [0.1, 0.15) is 43.4 Å². The molecule has 0 saturated heterocycles. The largest absolute Gasteiger partial charge is 0.416 e. The second-order valence-corrected chi connectivity index (χ2v) is 4.51. The lowest BCUT2D eigenvalue weighted by molar-refractivity contribution is -0.137. The number of nitrogens with two attached hydrogens (primary N) is 1. The van der Waals surface area contributed by atoms with E-state index in [0.29, 0.717) is 18.9 Å². The standard InChI is InChI=1S/C13H17F4NO/c1-2-3-4-11(19)12(18)8-5-9(13(15,16)17)7-10(14)6-8/h5-7,11-12,19H,2-4,18H2,1H3/t11-,12+/m1/s1. The summed E-state index contributed by atoms with van der Waals surface area (Å²) in [5.41, 5.74) is 4.53. The van der Waals surface area contributed by atoms with E-state index in [4.69, 9.17) is 5.73 Å². The van der Waals surface area contributed by atoms with Crippen molar-refractivity contribution in [3.8, 4) is 0 Å². The van der Waals surface area contributed by atoms with Gasteiger partial charge in [-0.15, -0.1) is 0 Å². The molecule has 1 aromatic carbocycles. The molecule has 0 saturated carbocycles. The van der Waals surface area contributed by atoms with Gasteiger partial charge in [0, 0.05) is 0 Å². The van der Waals surface area contributed by atoms with Crippen LogP contribution in [0.2, 0.25) is 0 Å². The van der Waals surface area contributed by atoms with Crippen LogP contribution in [0.25, 0.3) is 0 Å². The van der Waals surface area contributed by atoms with Gasteiger partial charge in [0.25, 0.3) is 0 Å². The van der Waals surface area contributed by atoms with Crippen LogP contribution in [0.3, 0.4) is 0 Å². The number of aliphatic hydroxyl groups excluding tert-OH is 1. The zero-order chi connectivity index (χ0) is 14.6. The first kappa shape index (κ1) is 15.9. The van der Waals surface area contributed by atoms with Gasteiger partial charge in [0.2, 0.25) is 0 Å². The lowest BCUT2D eigenvalue weighted by Gasteiger charge is -2.20. The summed E-state index contributed by atoms with van der Waals surface area (Å²) in [5.74, 6) is -1.01. The molecule has 0 amide bonds. The maximum absolute atomic E-state index is 13.2. The Morgan fingerprint density at radius 1 is 1.26 bits per heavy atom. The molecule has 0 aliphatic rings. The Kier molecular flexibility index (Phi) is 5.31. The van der Waals surface area contributed by atoms with Gasteiger partial charge >= 0.3 is 6.18 Å². The summed E-state index contributed by atoms with van der Waals surface area (Å²) in [6.45, 7) is 1.92. The summed E-state index contributed by atoms with van der Waals surface area (Å²) in [6.07, 6.45) is -3.71. The average molecular weight is 279 g/mol. The minimum Gasteiger partial charge on any atom is -0.391 e. The zero-order valence-electron chi connectivity index (χ0n) is 10.5. The summed E-state index contributed by atoms with van der Waals surface area (Å²) >= 11 is 0. The van der Waals surface area contributed by atoms with Crippen molar-refractivity contribution in [1.29, 1.82) is 0 Å². The van der Waals surface area contributed by atoms with Crippen LogP contribution >= 0.6 is 0 Å². The van der Waals surface area contributed by atoms with Crippen molar-refractivity contribution in [2.75, 3.05) is 0 Å². The van der Waals surface area contributed by atoms with Crippen LogP contribution in [0.15, 0.2) is 18.2 Å². The van der Waals surface area contributed by atoms with Gasteiger partial charge in [-0.3, -0.25) is 0 Å². The van der Waals surface area contributed by atoms with E-state index in [1.807, 2.05) is 6.92 Å². The van der Waals surface area contributed by atoms with Gasteiger partial charge in [0.05, 0.1) is 17.7 Å². The van der Waals surface area contributed by atoms with Crippen molar-refractivity contribution in [1.82, 2.24) is 0 Å². The second kappa shape index (κ2) is 6.34. The monoisotopic (exact) mass is 279 g/mol. The van der Waals surface area contributed by atoms with E-state index in [9.17, 15) is 22.7 Å². The molecule has 0 spiro atoms. The highest BCUT2D eigenvalue weighted by Gasteiger charge is 2.32. The van der Waals surface area contributed by atoms with Gasteiger partial charge in [0.1, 0.15) is 5.82 Å². The second-order valence-electron chi connectivity index (χ2n) is 4.51. The molecule has 3 N–H and O–H groups in total. The molecule has 0 unspecified atom stereocenters. The fourth-order valence-corrected chi connectivity index (χ4v) is 1.78. The van der Waals surface area contributed by atoms with Crippen LogP contribution in [-0.4, -0.2) is 11.2 Å². The van der Waals surface area contributed by atoms with E-state index in [1.165, 1.54) is 0 Å². The molecule has 0 heterocycles. The van der Waals surface area contributed by atoms with Crippen LogP contribution in [-0.2, 0) is 6.18 Å². The van der Waals surface area contributed by atoms with Crippen LogP contribution in [0.4, 0.5) is 17.6 Å². The Morgan fingerprint density at radius 2 is 1.89 bits per heavy atom. The van der Waals surface area contributed by atoms with Crippen molar-refractivity contribution in [2.45, 2.75) is 44.5 Å². The van der Waals surface area contributed by atoms with Gasteiger partial charge in [-0.2, -0.15) is 13.2 Å². The lowest BCUT2D eigenvalue weighted by atomic mass is 9.96. The molecule has 108 valence electrons. The minimum atomic E-state index is -4.63. The van der Waals surface area contributed by atoms with E-state index in [1.54, 1.807) is 0 Å². The van der Waals surface area contributed by atoms with Crippen molar-refractivity contribution in [3.05, 3.63) is 35.1 Å². The minimum absolute atomic E-state index is 0.0454. The van der Waals surface area contributed by atoms with Crippen LogP contribution < -0.4 is 5.73 Å². The Labute approximate surface area is 109 Å². The van der Waals surface area contributed by atoms with Crippen molar-refractivity contribution < 1.29 is 22.7 Å². The van der Waals surface area contributed by atoms with E-state index in [0.717, 1.165) is 18.6 Å². The molecule has 0 radical (unpaired) electrons. The molecule has 0 aliphatic heterocycles. The number of unbranched alkanes of at least 4 members (excludes halogenated alkanes) is 1. The van der Waals surface area contributed by atoms with Gasteiger partial charge < -0.3 is 10.8 Å². The molecule has 0 fully saturated rings. The van der Waals surface area contributed by atoms with Crippen LogP contribution in [0, 0.1) is 5.82 Å². The van der Waals surface area contributed by atoms with Crippen molar-refractivity contribution in [2.24, 2.45) is 5.73 Å². The fourth-order valence-electron chi connectivity index (χ4n) is 1.78. The molecule has 1 aromatic rings. The van der Waals surface area contributed by atoms with Crippen LogP contribution in [0.5, 0.6) is 0 Å². The molecule has 0 aliphatic carbocycles. The van der Waals surface area contributed by atoms with E-state index in [-0.39, 0.29) is 5.56 Å². The third-order valence-corrected chi connectivity index (χ3v) is 2.90. The molecular formula is C13H17F4NO. The lowest BCUT2D eigenvalue weighted by Crippen LogP contribution is -2.26. The number of benzene rings is 1. The van der Waals surface area contributed by atoms with Gasteiger partial charge in [-0.1, -0.05) is 19.8 Å². The SMILES string of the molecule is CCCC[C@@H](O)[C@@H](N)c1cc(F)cc(C(F)(F)F)c1. The maximum Gasteiger partial charge on any atom is 0.416 e. The molecule has 6 heteroatoms. The Morgan fingerprint density at radius 3 is 2.42 bits per heavy atom. The third-order valence-electron chi connectivity index (χ3n) is 2.90. The zero-order valence-corrected chi connectivity index (χ0v) is 10.5. The van der Waals surface area contributed by atoms with E-state index < -0.39 is 29.7 Å². The first-order valence-electron chi connectivity index (χ1n) is 6.07. The normalized spacial score (nSPS) is 15.3. The first-order chi connectivity index (χ1) is 8.75. The van der Waals surface area contributed by atoms with Crippen molar-refractivity contribution in [3.63, 3.8) is 0 Å². The number of hydrogen-bond donors (Lipinski definition) is 2. The van der Waals surface area contributed by atoms with Gasteiger partial charge in [0.15, 0.2) is 0 Å². The van der Waals surface area contributed by atoms with E-state index in [2.05, 4.69) is 0 Å². The number of hydrogen-bond acceptors (Lipinski definition) is 2. The summed E-state index contributed by atoms with van der Waals surface area (Å²) < 4.78 is 50.8. The summed E-state index contributed by atoms with van der Waals surface area (Å²) in [6, 6.07) is 1.09. The Bertz CT molecular complexity index is 420. The Balaban J connectivity index is 2.97. The molecule has 19 heavy (non-hydrogen) atoms. The predicted molar refractivity (Wildman–Crippen MR) is 63.9 cm³/mol. The topological polar surface area (TPSA) is 46.2 Å². The molecular weight excluding hydrogens is 262 g/mol. The molecule has 0 bridgehead atoms. The predicted octanol–water partition coefficient (Wildman–Crippen LogP) is 3.40. The maximum atomic E-state index is 13.2. The van der Waals surface area contributed by atoms with Gasteiger partial charge in [-0.05, 0) is 30.2 Å². The van der Waals surface area contributed by atoms with Gasteiger partial charge in [-0.25, -0.2) is 4.39 Å². The highest BCUT2D eigenvalue weighted by molar-refractivity contribution is 5.29. The Hall–Kier alpha value is -1.14. The molecule has 0 aromatic heterocycles. The quantitative estimate of drug-likeness (QED) is 0.811. The summed E-state index contributed by atoms with van der Waals surface area (Å²) in [4.78, 5) is 0. The highest BCUT2D eigenvalue weighted by Crippen LogP contribution is 2.32. The smallest absolute Gasteiger partial charge is 0.391 e. The fraction of sp³-hybridized carbons (Fsp3) is 0.538. The molecule has 2 atom stereocenters. The number of rotatable bonds is 5. The summed E-state index contributed by atoms with van der Waals surface area (Å²) in [5, 5.41) is 9.76. The van der Waals surface area contributed by atoms with Crippen molar-refractivity contribution >= 4 is 0 Å². The molecule has 2 nitrogen and oxygen atoms in total. The summed E-state index contributed by atoms with van der Waals surface area (Å²) in [7, 11) is 0. The highest BCUT2D eigenvalue weighted by atomic mass is 19.4. The average Bonchev–Trinajstić information content (AvgIpc) is 2.33. The number of alkyl halides is 3. The number of aliphatic hydroxyl groups is 1. The number of halogens is 4.